The Morgan fingerprint density at radius 3 is 2.95 bits per heavy atom. The lowest BCUT2D eigenvalue weighted by Crippen LogP contribution is -2.35. The van der Waals surface area contributed by atoms with Crippen molar-refractivity contribution in [2.75, 3.05) is 19.9 Å². The van der Waals surface area contributed by atoms with Crippen molar-refractivity contribution < 1.29 is 9.53 Å². The van der Waals surface area contributed by atoms with Crippen molar-refractivity contribution in [3.8, 4) is 0 Å². The lowest BCUT2D eigenvalue weighted by molar-refractivity contribution is 0.0735. The van der Waals surface area contributed by atoms with Gasteiger partial charge in [0.1, 0.15) is 0 Å². The summed E-state index contributed by atoms with van der Waals surface area (Å²) in [5.41, 5.74) is 1.81. The summed E-state index contributed by atoms with van der Waals surface area (Å²) in [6.45, 7) is 2.75. The van der Waals surface area contributed by atoms with Gasteiger partial charge in [-0.25, -0.2) is 0 Å². The molecule has 0 aliphatic heterocycles. The second-order valence-electron chi connectivity index (χ2n) is 5.59. The molecule has 0 bridgehead atoms. The minimum absolute atomic E-state index is 0.125. The van der Waals surface area contributed by atoms with Gasteiger partial charge in [-0.2, -0.15) is 11.8 Å². The monoisotopic (exact) mass is 307 g/mol. The molecule has 4 heteroatoms. The van der Waals surface area contributed by atoms with Crippen molar-refractivity contribution in [3.63, 3.8) is 0 Å². The highest BCUT2D eigenvalue weighted by atomic mass is 32.2. The molecule has 0 aromatic heterocycles. The van der Waals surface area contributed by atoms with Crippen molar-refractivity contribution in [2.24, 2.45) is 0 Å². The molecular formula is C17H25NO2S. The van der Waals surface area contributed by atoms with Crippen molar-refractivity contribution in [1.29, 1.82) is 0 Å². The third kappa shape index (κ3) is 4.24. The number of amides is 1. The number of ether oxygens (including phenoxy) is 1. The molecule has 0 N–H and O–H groups in total. The molecule has 1 aromatic rings. The fourth-order valence-corrected chi connectivity index (χ4v) is 4.12. The molecule has 1 aliphatic rings. The lowest BCUT2D eigenvalue weighted by Gasteiger charge is -2.25. The Kier molecular flexibility index (Phi) is 6.12. The van der Waals surface area contributed by atoms with E-state index in [1.165, 1.54) is 6.42 Å². The number of benzene rings is 1. The number of hydrogen-bond acceptors (Lipinski definition) is 3. The molecule has 1 aliphatic carbocycles. The van der Waals surface area contributed by atoms with Crippen LogP contribution < -0.4 is 0 Å². The number of carbonyl (C=O) groups is 1. The van der Waals surface area contributed by atoms with Crippen LogP contribution in [0.25, 0.3) is 0 Å². The highest BCUT2D eigenvalue weighted by Gasteiger charge is 2.30. The number of methoxy groups -OCH3 is 1. The first-order chi connectivity index (χ1) is 10.2. The van der Waals surface area contributed by atoms with E-state index in [9.17, 15) is 4.79 Å². The Balaban J connectivity index is 2.00. The van der Waals surface area contributed by atoms with Crippen LogP contribution >= 0.6 is 11.8 Å². The first-order valence-corrected chi connectivity index (χ1v) is 8.67. The molecular weight excluding hydrogens is 282 g/mol. The fourth-order valence-electron chi connectivity index (χ4n) is 2.99. The zero-order valence-corrected chi connectivity index (χ0v) is 14.0. The van der Waals surface area contributed by atoms with Gasteiger partial charge in [0.05, 0.1) is 6.61 Å². The first-order valence-electron chi connectivity index (χ1n) is 7.62. The van der Waals surface area contributed by atoms with Gasteiger partial charge in [0.15, 0.2) is 0 Å². The Morgan fingerprint density at radius 2 is 2.24 bits per heavy atom. The van der Waals surface area contributed by atoms with Crippen LogP contribution in [-0.2, 0) is 11.3 Å². The van der Waals surface area contributed by atoms with Crippen LogP contribution in [-0.4, -0.2) is 42.0 Å². The van der Waals surface area contributed by atoms with E-state index in [1.807, 2.05) is 48.0 Å². The SMILES string of the molecule is CCSC1CCC(N(C)C(=O)c2cccc(COC)c2)C1. The van der Waals surface area contributed by atoms with Gasteiger partial charge in [-0.3, -0.25) is 4.79 Å². The molecule has 2 atom stereocenters. The van der Waals surface area contributed by atoms with E-state index in [0.717, 1.165) is 35.0 Å². The molecule has 2 unspecified atom stereocenters. The standard InChI is InChI=1S/C17H25NO2S/c1-4-21-16-9-8-15(11-16)18(2)17(19)14-7-5-6-13(10-14)12-20-3/h5-7,10,15-16H,4,8-9,11-12H2,1-3H3. The summed E-state index contributed by atoms with van der Waals surface area (Å²) < 4.78 is 5.14. The van der Waals surface area contributed by atoms with Gasteiger partial charge < -0.3 is 9.64 Å². The third-order valence-corrected chi connectivity index (χ3v) is 5.35. The minimum Gasteiger partial charge on any atom is -0.380 e. The van der Waals surface area contributed by atoms with Gasteiger partial charge in [0, 0.05) is 31.0 Å². The highest BCUT2D eigenvalue weighted by molar-refractivity contribution is 7.99. The molecule has 1 fully saturated rings. The molecule has 1 saturated carbocycles. The van der Waals surface area contributed by atoms with Crippen LogP contribution in [0, 0.1) is 0 Å². The third-order valence-electron chi connectivity index (χ3n) is 4.11. The van der Waals surface area contributed by atoms with Gasteiger partial charge >= 0.3 is 0 Å². The molecule has 0 spiro atoms. The average Bonchev–Trinajstić information content (AvgIpc) is 2.95. The molecule has 0 radical (unpaired) electrons. The van der Waals surface area contributed by atoms with E-state index in [-0.39, 0.29) is 5.91 Å². The van der Waals surface area contributed by atoms with Crippen molar-refractivity contribution >= 4 is 17.7 Å². The predicted molar refractivity (Wildman–Crippen MR) is 88.8 cm³/mol. The van der Waals surface area contributed by atoms with Gasteiger partial charge in [0.25, 0.3) is 5.91 Å². The summed E-state index contributed by atoms with van der Waals surface area (Å²) in [6.07, 6.45) is 3.47. The summed E-state index contributed by atoms with van der Waals surface area (Å²) in [4.78, 5) is 14.6. The summed E-state index contributed by atoms with van der Waals surface area (Å²) in [5, 5.41) is 0.718. The Bertz CT molecular complexity index is 478. The van der Waals surface area contributed by atoms with E-state index in [0.29, 0.717) is 12.6 Å². The Morgan fingerprint density at radius 1 is 1.43 bits per heavy atom. The van der Waals surface area contributed by atoms with E-state index in [4.69, 9.17) is 4.74 Å². The maximum atomic E-state index is 12.6. The second kappa shape index (κ2) is 7.85. The summed E-state index contributed by atoms with van der Waals surface area (Å²) in [6, 6.07) is 8.14. The maximum absolute atomic E-state index is 12.6. The molecule has 1 amide bonds. The number of hydrogen-bond donors (Lipinski definition) is 0. The molecule has 0 saturated heterocycles. The first kappa shape index (κ1) is 16.4. The molecule has 3 nitrogen and oxygen atoms in total. The van der Waals surface area contributed by atoms with Crippen LogP contribution in [0.5, 0.6) is 0 Å². The van der Waals surface area contributed by atoms with Crippen LogP contribution in [0.2, 0.25) is 0 Å². The Labute approximate surface area is 132 Å². The van der Waals surface area contributed by atoms with Gasteiger partial charge in [0.2, 0.25) is 0 Å². The number of thioether (sulfide) groups is 1. The minimum atomic E-state index is 0.125. The van der Waals surface area contributed by atoms with Crippen molar-refractivity contribution in [1.82, 2.24) is 4.90 Å². The molecule has 21 heavy (non-hydrogen) atoms. The summed E-state index contributed by atoms with van der Waals surface area (Å²) >= 11 is 2.02. The van der Waals surface area contributed by atoms with Crippen LogP contribution in [0.1, 0.15) is 42.1 Å². The Hall–Kier alpha value is -1.00. The largest absolute Gasteiger partial charge is 0.380 e. The van der Waals surface area contributed by atoms with E-state index < -0.39 is 0 Å². The number of nitrogens with zero attached hydrogens (tertiary/aromatic N) is 1. The maximum Gasteiger partial charge on any atom is 0.253 e. The molecule has 0 heterocycles. The molecule has 1 aromatic carbocycles. The van der Waals surface area contributed by atoms with Gasteiger partial charge in [-0.15, -0.1) is 0 Å². The zero-order valence-electron chi connectivity index (χ0n) is 13.2. The normalized spacial score (nSPS) is 21.5. The average molecular weight is 307 g/mol. The van der Waals surface area contributed by atoms with Crippen LogP contribution in [0.4, 0.5) is 0 Å². The predicted octanol–water partition coefficient (Wildman–Crippen LogP) is 3.58. The smallest absolute Gasteiger partial charge is 0.253 e. The topological polar surface area (TPSA) is 29.5 Å². The van der Waals surface area contributed by atoms with Crippen molar-refractivity contribution in [3.05, 3.63) is 35.4 Å². The zero-order chi connectivity index (χ0) is 15.2. The van der Waals surface area contributed by atoms with E-state index in [1.54, 1.807) is 7.11 Å². The number of carbonyl (C=O) groups excluding carboxylic acids is 1. The fraction of sp³-hybridized carbons (Fsp3) is 0.588. The van der Waals surface area contributed by atoms with E-state index in [2.05, 4.69) is 6.92 Å². The van der Waals surface area contributed by atoms with E-state index >= 15 is 0 Å². The quantitative estimate of drug-likeness (QED) is 0.804. The second-order valence-corrected chi connectivity index (χ2v) is 7.17. The highest BCUT2D eigenvalue weighted by Crippen LogP contribution is 2.32. The molecule has 2 rings (SSSR count). The van der Waals surface area contributed by atoms with Crippen LogP contribution in [0.3, 0.4) is 0 Å². The van der Waals surface area contributed by atoms with Crippen LogP contribution in [0.15, 0.2) is 24.3 Å². The summed E-state index contributed by atoms with van der Waals surface area (Å²) in [5.74, 6) is 1.29. The lowest BCUT2D eigenvalue weighted by atomic mass is 10.1. The van der Waals surface area contributed by atoms with Crippen molar-refractivity contribution in [2.45, 2.75) is 44.1 Å². The number of rotatable bonds is 6. The van der Waals surface area contributed by atoms with Gasteiger partial charge in [-0.05, 0) is 42.7 Å². The molecule has 116 valence electrons. The summed E-state index contributed by atoms with van der Waals surface area (Å²) in [7, 11) is 3.61. The van der Waals surface area contributed by atoms with Gasteiger partial charge in [-0.1, -0.05) is 19.1 Å².